The Bertz CT molecular complexity index is 504. The van der Waals surface area contributed by atoms with Crippen LogP contribution < -0.4 is 5.32 Å². The van der Waals surface area contributed by atoms with Crippen LogP contribution in [0.15, 0.2) is 30.5 Å². The molecule has 3 nitrogen and oxygen atoms in total. The minimum atomic E-state index is 0.851. The standard InChI is InChI=1S/C16H24N2O/c1-3-17-12-14-13-18(10-6-7-11-19-2)16-9-5-4-8-15(14)16/h4-5,8-9,13,17H,3,6-7,10-12H2,1-2H3. The van der Waals surface area contributed by atoms with Crippen molar-refractivity contribution in [1.29, 1.82) is 0 Å². The van der Waals surface area contributed by atoms with Crippen molar-refractivity contribution in [2.24, 2.45) is 0 Å². The summed E-state index contributed by atoms with van der Waals surface area (Å²) in [6.07, 6.45) is 4.57. The Labute approximate surface area is 115 Å². The van der Waals surface area contributed by atoms with Crippen LogP contribution in [0.2, 0.25) is 0 Å². The summed E-state index contributed by atoms with van der Waals surface area (Å²) in [4.78, 5) is 0. The van der Waals surface area contributed by atoms with Gasteiger partial charge >= 0.3 is 0 Å². The molecule has 0 atom stereocenters. The number of ether oxygens (including phenoxy) is 1. The highest BCUT2D eigenvalue weighted by atomic mass is 16.5. The van der Waals surface area contributed by atoms with Gasteiger partial charge in [-0.25, -0.2) is 0 Å². The average Bonchev–Trinajstić information content (AvgIpc) is 2.80. The van der Waals surface area contributed by atoms with Gasteiger partial charge in [-0.2, -0.15) is 0 Å². The Morgan fingerprint density at radius 1 is 1.21 bits per heavy atom. The highest BCUT2D eigenvalue weighted by molar-refractivity contribution is 5.83. The first-order chi connectivity index (χ1) is 9.36. The van der Waals surface area contributed by atoms with Crippen molar-refractivity contribution in [3.05, 3.63) is 36.0 Å². The Balaban J connectivity index is 2.13. The molecule has 0 bridgehead atoms. The summed E-state index contributed by atoms with van der Waals surface area (Å²) in [5.41, 5.74) is 2.73. The van der Waals surface area contributed by atoms with Crippen molar-refractivity contribution in [2.45, 2.75) is 32.9 Å². The fourth-order valence-electron chi connectivity index (χ4n) is 2.44. The summed E-state index contributed by atoms with van der Waals surface area (Å²) in [5.74, 6) is 0. The van der Waals surface area contributed by atoms with E-state index >= 15 is 0 Å². The fourth-order valence-corrected chi connectivity index (χ4v) is 2.44. The predicted octanol–water partition coefficient (Wildman–Crippen LogP) is 3.18. The first kappa shape index (κ1) is 14.1. The number of rotatable bonds is 8. The Hall–Kier alpha value is -1.32. The molecule has 0 fully saturated rings. The van der Waals surface area contributed by atoms with Crippen LogP contribution in [0.1, 0.15) is 25.3 Å². The Morgan fingerprint density at radius 2 is 2.05 bits per heavy atom. The van der Waals surface area contributed by atoms with Crippen LogP contribution >= 0.6 is 0 Å². The predicted molar refractivity (Wildman–Crippen MR) is 80.4 cm³/mol. The van der Waals surface area contributed by atoms with E-state index in [1.165, 1.54) is 16.5 Å². The van der Waals surface area contributed by atoms with Crippen LogP contribution in [0.25, 0.3) is 10.9 Å². The molecule has 0 radical (unpaired) electrons. The topological polar surface area (TPSA) is 26.2 Å². The van der Waals surface area contributed by atoms with Crippen LogP contribution in [0, 0.1) is 0 Å². The van der Waals surface area contributed by atoms with Crippen LogP contribution in [-0.2, 0) is 17.8 Å². The molecule has 0 unspecified atom stereocenters. The number of hydrogen-bond acceptors (Lipinski definition) is 2. The summed E-state index contributed by atoms with van der Waals surface area (Å²) < 4.78 is 7.48. The number of aromatic nitrogens is 1. The van der Waals surface area contributed by atoms with Gasteiger partial charge in [0.05, 0.1) is 0 Å². The first-order valence-electron chi connectivity index (χ1n) is 7.13. The molecule has 0 saturated heterocycles. The lowest BCUT2D eigenvalue weighted by atomic mass is 10.2. The van der Waals surface area contributed by atoms with Gasteiger partial charge in [-0.1, -0.05) is 25.1 Å². The van der Waals surface area contributed by atoms with Gasteiger partial charge in [0.15, 0.2) is 0 Å². The molecule has 1 aromatic heterocycles. The molecule has 2 aromatic rings. The molecule has 0 aliphatic rings. The van der Waals surface area contributed by atoms with E-state index in [1.807, 2.05) is 0 Å². The minimum absolute atomic E-state index is 0.851. The summed E-state index contributed by atoms with van der Waals surface area (Å²) in [7, 11) is 1.76. The molecular formula is C16H24N2O. The smallest absolute Gasteiger partial charge is 0.0483 e. The number of para-hydroxylation sites is 1. The van der Waals surface area contributed by atoms with Crippen molar-refractivity contribution in [3.8, 4) is 0 Å². The van der Waals surface area contributed by atoms with Gasteiger partial charge in [-0.15, -0.1) is 0 Å². The molecule has 2 rings (SSSR count). The van der Waals surface area contributed by atoms with Crippen LogP contribution in [-0.4, -0.2) is 24.8 Å². The second kappa shape index (κ2) is 7.31. The molecule has 0 aliphatic heterocycles. The molecule has 19 heavy (non-hydrogen) atoms. The highest BCUT2D eigenvalue weighted by Crippen LogP contribution is 2.21. The molecule has 0 amide bonds. The van der Waals surface area contributed by atoms with Gasteiger partial charge in [0.25, 0.3) is 0 Å². The molecule has 1 N–H and O–H groups in total. The molecule has 0 aliphatic carbocycles. The molecule has 104 valence electrons. The summed E-state index contributed by atoms with van der Waals surface area (Å²) in [5, 5.41) is 4.78. The van der Waals surface area contributed by atoms with Crippen LogP contribution in [0.3, 0.4) is 0 Å². The second-order valence-electron chi connectivity index (χ2n) is 4.85. The number of hydrogen-bond donors (Lipinski definition) is 1. The lowest BCUT2D eigenvalue weighted by Crippen LogP contribution is -2.11. The van der Waals surface area contributed by atoms with E-state index in [9.17, 15) is 0 Å². The van der Waals surface area contributed by atoms with E-state index in [-0.39, 0.29) is 0 Å². The largest absolute Gasteiger partial charge is 0.385 e. The third-order valence-electron chi connectivity index (χ3n) is 3.43. The molecule has 0 spiro atoms. The fraction of sp³-hybridized carbons (Fsp3) is 0.500. The summed E-state index contributed by atoms with van der Waals surface area (Å²) in [6, 6.07) is 8.66. The molecular weight excluding hydrogens is 236 g/mol. The van der Waals surface area contributed by atoms with Gasteiger partial charge in [0, 0.05) is 43.9 Å². The summed E-state index contributed by atoms with van der Waals surface area (Å²) >= 11 is 0. The average molecular weight is 260 g/mol. The van der Waals surface area contributed by atoms with E-state index in [1.54, 1.807) is 7.11 Å². The third kappa shape index (κ3) is 3.58. The second-order valence-corrected chi connectivity index (χ2v) is 4.85. The minimum Gasteiger partial charge on any atom is -0.385 e. The van der Waals surface area contributed by atoms with Crippen molar-refractivity contribution >= 4 is 10.9 Å². The number of fused-ring (bicyclic) bond motifs is 1. The zero-order valence-corrected chi connectivity index (χ0v) is 12.0. The van der Waals surface area contributed by atoms with Gasteiger partial charge in [-0.3, -0.25) is 0 Å². The van der Waals surface area contributed by atoms with E-state index in [2.05, 4.69) is 47.3 Å². The van der Waals surface area contributed by atoms with Crippen molar-refractivity contribution < 1.29 is 4.74 Å². The zero-order valence-electron chi connectivity index (χ0n) is 12.0. The van der Waals surface area contributed by atoms with Gasteiger partial charge in [0.2, 0.25) is 0 Å². The number of nitrogens with zero attached hydrogens (tertiary/aromatic N) is 1. The lowest BCUT2D eigenvalue weighted by molar-refractivity contribution is 0.191. The zero-order chi connectivity index (χ0) is 13.5. The SMILES string of the molecule is CCNCc1cn(CCCCOC)c2ccccc12. The Kier molecular flexibility index (Phi) is 5.43. The van der Waals surface area contributed by atoms with E-state index in [0.29, 0.717) is 0 Å². The molecule has 1 heterocycles. The summed E-state index contributed by atoms with van der Waals surface area (Å²) in [6.45, 7) is 6.01. The van der Waals surface area contributed by atoms with E-state index < -0.39 is 0 Å². The third-order valence-corrected chi connectivity index (χ3v) is 3.43. The highest BCUT2D eigenvalue weighted by Gasteiger charge is 2.07. The van der Waals surface area contributed by atoms with Crippen molar-refractivity contribution in [1.82, 2.24) is 9.88 Å². The lowest BCUT2D eigenvalue weighted by Gasteiger charge is -2.04. The monoisotopic (exact) mass is 260 g/mol. The number of unbranched alkanes of at least 4 members (excludes halogenated alkanes) is 1. The van der Waals surface area contributed by atoms with Gasteiger partial charge in [0.1, 0.15) is 0 Å². The molecule has 0 saturated carbocycles. The maximum absolute atomic E-state index is 5.11. The first-order valence-corrected chi connectivity index (χ1v) is 7.13. The van der Waals surface area contributed by atoms with Crippen LogP contribution in [0.5, 0.6) is 0 Å². The number of nitrogens with one attached hydrogen (secondary N) is 1. The van der Waals surface area contributed by atoms with Crippen molar-refractivity contribution in [3.63, 3.8) is 0 Å². The van der Waals surface area contributed by atoms with Gasteiger partial charge in [-0.05, 0) is 31.0 Å². The van der Waals surface area contributed by atoms with Crippen molar-refractivity contribution in [2.75, 3.05) is 20.3 Å². The molecule has 3 heteroatoms. The molecule has 1 aromatic carbocycles. The van der Waals surface area contributed by atoms with E-state index in [0.717, 1.165) is 39.1 Å². The maximum atomic E-state index is 5.11. The number of benzene rings is 1. The Morgan fingerprint density at radius 3 is 2.84 bits per heavy atom. The maximum Gasteiger partial charge on any atom is 0.0483 e. The number of aryl methyl sites for hydroxylation is 1. The quantitative estimate of drug-likeness (QED) is 0.738. The number of methoxy groups -OCH3 is 1. The van der Waals surface area contributed by atoms with E-state index in [4.69, 9.17) is 4.74 Å². The van der Waals surface area contributed by atoms with Crippen LogP contribution in [0.4, 0.5) is 0 Å². The normalized spacial score (nSPS) is 11.3. The van der Waals surface area contributed by atoms with Gasteiger partial charge < -0.3 is 14.6 Å².